The van der Waals surface area contributed by atoms with Crippen LogP contribution in [0.5, 0.6) is 11.5 Å². The molecule has 0 saturated carbocycles. The van der Waals surface area contributed by atoms with Gasteiger partial charge in [0.05, 0.1) is 22.8 Å². The Morgan fingerprint density at radius 1 is 1.12 bits per heavy atom. The van der Waals surface area contributed by atoms with Crippen LogP contribution >= 0.6 is 0 Å². The molecule has 2 aromatic carbocycles. The zero-order valence-electron chi connectivity index (χ0n) is 18.6. The number of fused-ring (bicyclic) bond motifs is 2. The largest absolute Gasteiger partial charge is 0.454 e. The summed E-state index contributed by atoms with van der Waals surface area (Å²) in [5.74, 6) is 0.0580. The molecule has 1 N–H and O–H groups in total. The van der Waals surface area contributed by atoms with Crippen LogP contribution in [0.2, 0.25) is 0 Å². The van der Waals surface area contributed by atoms with Crippen molar-refractivity contribution >= 4 is 28.6 Å². The highest BCUT2D eigenvalue weighted by Crippen LogP contribution is 2.34. The van der Waals surface area contributed by atoms with E-state index in [-0.39, 0.29) is 6.79 Å². The lowest BCUT2D eigenvalue weighted by Gasteiger charge is -2.15. The van der Waals surface area contributed by atoms with Crippen LogP contribution in [0.25, 0.3) is 22.3 Å². The Hall–Kier alpha value is -4.40. The summed E-state index contributed by atoms with van der Waals surface area (Å²) in [6.07, 6.45) is 0.552. The minimum Gasteiger partial charge on any atom is -0.454 e. The fourth-order valence-electron chi connectivity index (χ4n) is 3.70. The molecule has 4 aromatic rings. The van der Waals surface area contributed by atoms with E-state index in [1.165, 1.54) is 6.92 Å². The number of hydrogen-bond acceptors (Lipinski definition) is 7. The lowest BCUT2D eigenvalue weighted by molar-refractivity contribution is -0.123. The van der Waals surface area contributed by atoms with Crippen LogP contribution in [0.1, 0.15) is 24.2 Å². The van der Waals surface area contributed by atoms with E-state index in [4.69, 9.17) is 19.2 Å². The van der Waals surface area contributed by atoms with E-state index in [0.717, 1.165) is 5.56 Å². The molecule has 1 aliphatic rings. The van der Waals surface area contributed by atoms with Gasteiger partial charge in [0.15, 0.2) is 23.3 Å². The van der Waals surface area contributed by atoms with Crippen LogP contribution in [0, 0.1) is 0 Å². The Morgan fingerprint density at radius 3 is 2.71 bits per heavy atom. The van der Waals surface area contributed by atoms with Gasteiger partial charge in [-0.3, -0.25) is 4.79 Å². The SMILES string of the molecule is CCn1ncc2c(C(=O)OC(C)C(=O)Nc3ccc4c(c3)OCO4)cc(-c3ccccc3)nc21. The molecule has 0 spiro atoms. The summed E-state index contributed by atoms with van der Waals surface area (Å²) in [4.78, 5) is 30.6. The molecule has 5 rings (SSSR count). The molecule has 9 heteroatoms. The first kappa shape index (κ1) is 21.4. The Labute approximate surface area is 195 Å². The number of nitrogens with zero attached hydrogens (tertiary/aromatic N) is 3. The molecule has 3 heterocycles. The molecular formula is C25H22N4O5. The molecule has 1 aliphatic heterocycles. The van der Waals surface area contributed by atoms with Gasteiger partial charge in [-0.25, -0.2) is 14.5 Å². The molecule has 9 nitrogen and oxygen atoms in total. The first-order valence-corrected chi connectivity index (χ1v) is 10.9. The summed E-state index contributed by atoms with van der Waals surface area (Å²) >= 11 is 0. The van der Waals surface area contributed by atoms with Gasteiger partial charge >= 0.3 is 5.97 Å². The van der Waals surface area contributed by atoms with Crippen molar-refractivity contribution in [2.24, 2.45) is 0 Å². The van der Waals surface area contributed by atoms with Crippen LogP contribution in [0.15, 0.2) is 60.8 Å². The van der Waals surface area contributed by atoms with Gasteiger partial charge < -0.3 is 19.5 Å². The molecule has 0 saturated heterocycles. The maximum atomic E-state index is 13.2. The number of esters is 1. The monoisotopic (exact) mass is 458 g/mol. The number of rotatable bonds is 6. The van der Waals surface area contributed by atoms with Crippen molar-refractivity contribution in [1.29, 1.82) is 0 Å². The van der Waals surface area contributed by atoms with Gasteiger partial charge in [0.1, 0.15) is 0 Å². The minimum absolute atomic E-state index is 0.140. The predicted octanol–water partition coefficient (Wildman–Crippen LogP) is 4.03. The van der Waals surface area contributed by atoms with E-state index in [0.29, 0.717) is 46.0 Å². The van der Waals surface area contributed by atoms with Gasteiger partial charge in [-0.15, -0.1) is 0 Å². The smallest absolute Gasteiger partial charge is 0.339 e. The summed E-state index contributed by atoms with van der Waals surface area (Å²) < 4.78 is 17.9. The highest BCUT2D eigenvalue weighted by Gasteiger charge is 2.24. The average Bonchev–Trinajstić information content (AvgIpc) is 3.50. The van der Waals surface area contributed by atoms with Gasteiger partial charge in [-0.05, 0) is 32.0 Å². The number of carbonyl (C=O) groups is 2. The second-order valence-corrected chi connectivity index (χ2v) is 7.72. The quantitative estimate of drug-likeness (QED) is 0.435. The predicted molar refractivity (Wildman–Crippen MR) is 125 cm³/mol. The topological polar surface area (TPSA) is 105 Å². The van der Waals surface area contributed by atoms with Crippen molar-refractivity contribution in [3.63, 3.8) is 0 Å². The molecule has 34 heavy (non-hydrogen) atoms. The number of anilines is 1. The fourth-order valence-corrected chi connectivity index (χ4v) is 3.70. The molecule has 1 atom stereocenters. The maximum Gasteiger partial charge on any atom is 0.339 e. The van der Waals surface area contributed by atoms with Crippen LogP contribution in [-0.4, -0.2) is 39.5 Å². The summed E-state index contributed by atoms with van der Waals surface area (Å²) in [5, 5.41) is 7.64. The van der Waals surface area contributed by atoms with Crippen molar-refractivity contribution in [2.45, 2.75) is 26.5 Å². The highest BCUT2D eigenvalue weighted by atomic mass is 16.7. The van der Waals surface area contributed by atoms with Gasteiger partial charge in [-0.2, -0.15) is 5.10 Å². The first-order chi connectivity index (χ1) is 16.5. The van der Waals surface area contributed by atoms with E-state index < -0.39 is 18.0 Å². The Balaban J connectivity index is 1.39. The van der Waals surface area contributed by atoms with Gasteiger partial charge in [0.25, 0.3) is 5.91 Å². The lowest BCUT2D eigenvalue weighted by Crippen LogP contribution is -2.30. The van der Waals surface area contributed by atoms with E-state index in [1.807, 2.05) is 37.3 Å². The lowest BCUT2D eigenvalue weighted by atomic mass is 10.1. The molecule has 0 aliphatic carbocycles. The fraction of sp³-hybridized carbons (Fsp3) is 0.200. The number of nitrogens with one attached hydrogen (secondary N) is 1. The van der Waals surface area contributed by atoms with Crippen LogP contribution in [0.4, 0.5) is 5.69 Å². The third-order valence-corrected chi connectivity index (χ3v) is 5.49. The summed E-state index contributed by atoms with van der Waals surface area (Å²) in [6.45, 7) is 4.20. The number of hydrogen-bond donors (Lipinski definition) is 1. The Kier molecular flexibility index (Phi) is 5.59. The maximum absolute atomic E-state index is 13.2. The van der Waals surface area contributed by atoms with Gasteiger partial charge in [0, 0.05) is 23.9 Å². The molecule has 2 aromatic heterocycles. The van der Waals surface area contributed by atoms with Crippen LogP contribution < -0.4 is 14.8 Å². The van der Waals surface area contributed by atoms with Crippen molar-refractivity contribution in [2.75, 3.05) is 12.1 Å². The third-order valence-electron chi connectivity index (χ3n) is 5.49. The summed E-state index contributed by atoms with van der Waals surface area (Å²) in [7, 11) is 0. The van der Waals surface area contributed by atoms with Crippen LogP contribution in [0.3, 0.4) is 0 Å². The summed E-state index contributed by atoms with van der Waals surface area (Å²) in [5.41, 5.74) is 2.86. The third kappa shape index (κ3) is 4.03. The number of amides is 1. The zero-order valence-corrected chi connectivity index (χ0v) is 18.6. The molecule has 0 fully saturated rings. The molecule has 0 radical (unpaired) electrons. The second kappa shape index (κ2) is 8.86. The molecule has 172 valence electrons. The van der Waals surface area contributed by atoms with Crippen molar-refractivity contribution < 1.29 is 23.8 Å². The minimum atomic E-state index is -1.04. The van der Waals surface area contributed by atoms with Crippen molar-refractivity contribution in [3.8, 4) is 22.8 Å². The molecular weight excluding hydrogens is 436 g/mol. The zero-order chi connectivity index (χ0) is 23.7. The van der Waals surface area contributed by atoms with E-state index in [9.17, 15) is 9.59 Å². The van der Waals surface area contributed by atoms with E-state index in [1.54, 1.807) is 35.1 Å². The number of aromatic nitrogens is 3. The normalized spacial score (nSPS) is 13.0. The first-order valence-electron chi connectivity index (χ1n) is 10.9. The molecule has 1 amide bonds. The number of aryl methyl sites for hydroxylation is 1. The molecule has 1 unspecified atom stereocenters. The Bertz CT molecular complexity index is 1380. The number of ether oxygens (including phenoxy) is 3. The number of benzene rings is 2. The average molecular weight is 458 g/mol. The number of pyridine rings is 1. The standard InChI is InChI=1S/C25H22N4O5/c1-3-29-23-19(13-26-29)18(12-20(28-23)16-7-5-4-6-8-16)25(31)34-15(2)24(30)27-17-9-10-21-22(11-17)33-14-32-21/h4-13,15H,3,14H2,1-2H3,(H,27,30). The van der Waals surface area contributed by atoms with Crippen LogP contribution in [-0.2, 0) is 16.1 Å². The van der Waals surface area contributed by atoms with Gasteiger partial charge in [-0.1, -0.05) is 30.3 Å². The molecule has 0 bridgehead atoms. The number of carbonyl (C=O) groups excluding carboxylic acids is 2. The Morgan fingerprint density at radius 2 is 1.91 bits per heavy atom. The van der Waals surface area contributed by atoms with E-state index in [2.05, 4.69) is 10.4 Å². The van der Waals surface area contributed by atoms with Crippen molar-refractivity contribution in [1.82, 2.24) is 14.8 Å². The van der Waals surface area contributed by atoms with Gasteiger partial charge in [0.2, 0.25) is 6.79 Å². The summed E-state index contributed by atoms with van der Waals surface area (Å²) in [6, 6.07) is 16.3. The highest BCUT2D eigenvalue weighted by molar-refractivity contribution is 6.05. The van der Waals surface area contributed by atoms with E-state index >= 15 is 0 Å². The second-order valence-electron chi connectivity index (χ2n) is 7.72. The van der Waals surface area contributed by atoms with Crippen molar-refractivity contribution in [3.05, 3.63) is 66.4 Å².